The molecule has 2 heterocycles. The van der Waals surface area contributed by atoms with Crippen LogP contribution in [0, 0.1) is 11.8 Å². The zero-order valence-electron chi connectivity index (χ0n) is 16.1. The highest BCUT2D eigenvalue weighted by molar-refractivity contribution is 14.0. The van der Waals surface area contributed by atoms with Crippen molar-refractivity contribution in [1.82, 2.24) is 15.1 Å². The van der Waals surface area contributed by atoms with Gasteiger partial charge in [-0.15, -0.1) is 24.0 Å². The van der Waals surface area contributed by atoms with Crippen molar-refractivity contribution in [3.05, 3.63) is 0 Å². The minimum absolute atomic E-state index is 0. The molecule has 2 saturated heterocycles. The molecule has 0 aromatic carbocycles. The van der Waals surface area contributed by atoms with Crippen molar-refractivity contribution >= 4 is 41.7 Å². The lowest BCUT2D eigenvalue weighted by Gasteiger charge is -2.38. The SMILES string of the molecule is CN=C(NCC1CCCN(C(C)C)C1)N1CCSC(C(C)C)C1.I. The van der Waals surface area contributed by atoms with Gasteiger partial charge in [0.25, 0.3) is 0 Å². The summed E-state index contributed by atoms with van der Waals surface area (Å²) in [6.45, 7) is 15.1. The summed E-state index contributed by atoms with van der Waals surface area (Å²) in [6.07, 6.45) is 2.68. The molecule has 2 unspecified atom stereocenters. The van der Waals surface area contributed by atoms with Crippen molar-refractivity contribution in [2.45, 2.75) is 51.8 Å². The molecule has 2 atom stereocenters. The van der Waals surface area contributed by atoms with Crippen LogP contribution in [0.25, 0.3) is 0 Å². The monoisotopic (exact) mass is 468 g/mol. The molecule has 4 nitrogen and oxygen atoms in total. The standard InChI is InChI=1S/C18H36N4S.HI/c1-14(2)17-13-22(9-10-23-17)18(19-5)20-11-16-7-6-8-21(12-16)15(3)4;/h14-17H,6-13H2,1-5H3,(H,19,20);1H. The van der Waals surface area contributed by atoms with E-state index >= 15 is 0 Å². The third kappa shape index (κ3) is 6.56. The van der Waals surface area contributed by atoms with Gasteiger partial charge < -0.3 is 15.1 Å². The van der Waals surface area contributed by atoms with Crippen molar-refractivity contribution in [2.24, 2.45) is 16.8 Å². The fourth-order valence-corrected chi connectivity index (χ4v) is 4.87. The Balaban J connectivity index is 0.00000288. The molecule has 2 aliphatic heterocycles. The smallest absolute Gasteiger partial charge is 0.193 e. The normalized spacial score (nSPS) is 26.6. The first-order valence-electron chi connectivity index (χ1n) is 9.32. The van der Waals surface area contributed by atoms with Gasteiger partial charge >= 0.3 is 0 Å². The Bertz CT molecular complexity index is 389. The van der Waals surface area contributed by atoms with E-state index in [1.165, 1.54) is 31.7 Å². The first kappa shape index (κ1) is 22.4. The summed E-state index contributed by atoms with van der Waals surface area (Å²) in [4.78, 5) is 9.63. The Morgan fingerprint density at radius 1 is 1.21 bits per heavy atom. The van der Waals surface area contributed by atoms with Crippen LogP contribution < -0.4 is 5.32 Å². The minimum Gasteiger partial charge on any atom is -0.356 e. The van der Waals surface area contributed by atoms with Gasteiger partial charge in [-0.25, -0.2) is 0 Å². The van der Waals surface area contributed by atoms with Crippen LogP contribution in [0.3, 0.4) is 0 Å². The van der Waals surface area contributed by atoms with Gasteiger partial charge in [-0.1, -0.05) is 13.8 Å². The molecular formula is C18H37IN4S. The fourth-order valence-electron chi connectivity index (χ4n) is 3.57. The quantitative estimate of drug-likeness (QED) is 0.390. The first-order chi connectivity index (χ1) is 11.0. The maximum absolute atomic E-state index is 4.55. The number of hydrogen-bond acceptors (Lipinski definition) is 3. The van der Waals surface area contributed by atoms with Crippen LogP contribution in [-0.2, 0) is 0 Å². The predicted molar refractivity (Wildman–Crippen MR) is 119 cm³/mol. The molecule has 0 amide bonds. The molecule has 0 spiro atoms. The molecule has 0 aromatic rings. The van der Waals surface area contributed by atoms with Crippen LogP contribution in [-0.4, -0.2) is 72.6 Å². The molecule has 6 heteroatoms. The molecule has 0 bridgehead atoms. The number of nitrogens with one attached hydrogen (secondary N) is 1. The number of thioether (sulfide) groups is 1. The topological polar surface area (TPSA) is 30.9 Å². The van der Waals surface area contributed by atoms with E-state index in [9.17, 15) is 0 Å². The molecule has 2 aliphatic rings. The van der Waals surface area contributed by atoms with Gasteiger partial charge in [0.05, 0.1) is 0 Å². The summed E-state index contributed by atoms with van der Waals surface area (Å²) >= 11 is 2.12. The number of likely N-dealkylation sites (tertiary alicyclic amines) is 1. The third-order valence-electron chi connectivity index (χ3n) is 5.18. The van der Waals surface area contributed by atoms with Gasteiger partial charge in [0, 0.05) is 50.3 Å². The summed E-state index contributed by atoms with van der Waals surface area (Å²) in [5.74, 6) is 3.81. The lowest BCUT2D eigenvalue weighted by atomic mass is 9.97. The van der Waals surface area contributed by atoms with Crippen molar-refractivity contribution in [1.29, 1.82) is 0 Å². The number of nitrogens with zero attached hydrogens (tertiary/aromatic N) is 3. The number of aliphatic imine (C=N–C) groups is 1. The van der Waals surface area contributed by atoms with Crippen LogP contribution >= 0.6 is 35.7 Å². The predicted octanol–water partition coefficient (Wildman–Crippen LogP) is 3.37. The fraction of sp³-hybridized carbons (Fsp3) is 0.944. The van der Waals surface area contributed by atoms with Crippen molar-refractivity contribution < 1.29 is 0 Å². The summed E-state index contributed by atoms with van der Waals surface area (Å²) < 4.78 is 0. The largest absolute Gasteiger partial charge is 0.356 e. The molecule has 0 saturated carbocycles. The summed E-state index contributed by atoms with van der Waals surface area (Å²) in [6, 6.07) is 0.669. The molecular weight excluding hydrogens is 431 g/mol. The van der Waals surface area contributed by atoms with Crippen LogP contribution in [0.4, 0.5) is 0 Å². The van der Waals surface area contributed by atoms with Gasteiger partial charge in [0.1, 0.15) is 0 Å². The van der Waals surface area contributed by atoms with Gasteiger partial charge in [-0.2, -0.15) is 11.8 Å². The highest BCUT2D eigenvalue weighted by atomic mass is 127. The number of piperidine rings is 1. The van der Waals surface area contributed by atoms with E-state index in [0.717, 1.165) is 42.7 Å². The average molecular weight is 468 g/mol. The number of guanidine groups is 1. The zero-order chi connectivity index (χ0) is 16.8. The molecule has 2 fully saturated rings. The third-order valence-corrected chi connectivity index (χ3v) is 6.72. The van der Waals surface area contributed by atoms with E-state index in [1.54, 1.807) is 0 Å². The lowest BCUT2D eigenvalue weighted by Crippen LogP contribution is -2.51. The Morgan fingerprint density at radius 3 is 2.58 bits per heavy atom. The van der Waals surface area contributed by atoms with E-state index in [4.69, 9.17) is 0 Å². The number of rotatable bonds is 4. The molecule has 0 aromatic heterocycles. The molecule has 0 radical (unpaired) electrons. The second-order valence-corrected chi connectivity index (χ2v) is 8.97. The minimum atomic E-state index is 0. The highest BCUT2D eigenvalue weighted by Crippen LogP contribution is 2.25. The highest BCUT2D eigenvalue weighted by Gasteiger charge is 2.26. The van der Waals surface area contributed by atoms with E-state index < -0.39 is 0 Å². The Kier molecular flexibility index (Phi) is 10.4. The van der Waals surface area contributed by atoms with Crippen molar-refractivity contribution in [2.75, 3.05) is 45.5 Å². The molecule has 1 N–H and O–H groups in total. The first-order valence-corrected chi connectivity index (χ1v) is 10.4. The van der Waals surface area contributed by atoms with E-state index in [0.29, 0.717) is 6.04 Å². The van der Waals surface area contributed by atoms with Gasteiger partial charge in [-0.05, 0) is 45.1 Å². The van der Waals surface area contributed by atoms with E-state index in [2.05, 4.69) is 59.6 Å². The van der Waals surface area contributed by atoms with Crippen LogP contribution in [0.5, 0.6) is 0 Å². The molecule has 2 rings (SSSR count). The Labute approximate surface area is 170 Å². The Morgan fingerprint density at radius 2 is 1.96 bits per heavy atom. The maximum Gasteiger partial charge on any atom is 0.193 e. The molecule has 0 aliphatic carbocycles. The van der Waals surface area contributed by atoms with E-state index in [-0.39, 0.29) is 24.0 Å². The summed E-state index contributed by atoms with van der Waals surface area (Å²) in [5.41, 5.74) is 0. The molecule has 24 heavy (non-hydrogen) atoms. The van der Waals surface area contributed by atoms with Crippen LogP contribution in [0.2, 0.25) is 0 Å². The lowest BCUT2D eigenvalue weighted by molar-refractivity contribution is 0.140. The number of halogens is 1. The van der Waals surface area contributed by atoms with Crippen LogP contribution in [0.15, 0.2) is 4.99 Å². The molecule has 142 valence electrons. The zero-order valence-corrected chi connectivity index (χ0v) is 19.3. The van der Waals surface area contributed by atoms with Crippen LogP contribution in [0.1, 0.15) is 40.5 Å². The second-order valence-electron chi connectivity index (χ2n) is 7.62. The summed E-state index contributed by atoms with van der Waals surface area (Å²) in [5, 5.41) is 4.40. The second kappa shape index (κ2) is 11.1. The van der Waals surface area contributed by atoms with Gasteiger partial charge in [-0.3, -0.25) is 4.99 Å². The summed E-state index contributed by atoms with van der Waals surface area (Å²) in [7, 11) is 1.93. The van der Waals surface area contributed by atoms with Crippen molar-refractivity contribution in [3.8, 4) is 0 Å². The average Bonchev–Trinajstić information content (AvgIpc) is 2.56. The van der Waals surface area contributed by atoms with Gasteiger partial charge in [0.15, 0.2) is 5.96 Å². The number of hydrogen-bond donors (Lipinski definition) is 1. The van der Waals surface area contributed by atoms with Crippen molar-refractivity contribution in [3.63, 3.8) is 0 Å². The maximum atomic E-state index is 4.55. The Hall–Kier alpha value is 0.310. The van der Waals surface area contributed by atoms with Gasteiger partial charge in [0.2, 0.25) is 0 Å². The van der Waals surface area contributed by atoms with E-state index in [1.807, 2.05) is 7.05 Å².